The maximum absolute atomic E-state index is 13.3. The van der Waals surface area contributed by atoms with Gasteiger partial charge >= 0.3 is 0 Å². The van der Waals surface area contributed by atoms with Crippen molar-refractivity contribution in [3.8, 4) is 0 Å². The number of carbonyl (C=O) groups excluding carboxylic acids is 1. The Hall–Kier alpha value is -2.63. The number of fused-ring (bicyclic) bond motifs is 1. The molecule has 1 aliphatic rings. The number of carbonyl (C=O) groups is 1. The highest BCUT2D eigenvalue weighted by Gasteiger charge is 2.34. The van der Waals surface area contributed by atoms with Crippen LogP contribution in [0.4, 0.5) is 0 Å². The molecule has 27 heavy (non-hydrogen) atoms. The van der Waals surface area contributed by atoms with Gasteiger partial charge in [-0.3, -0.25) is 4.79 Å². The zero-order chi connectivity index (χ0) is 19.0. The van der Waals surface area contributed by atoms with Crippen LogP contribution in [0.5, 0.6) is 0 Å². The lowest BCUT2D eigenvalue weighted by Crippen LogP contribution is -2.38. The predicted molar refractivity (Wildman–Crippen MR) is 102 cm³/mol. The molecule has 1 amide bonds. The summed E-state index contributed by atoms with van der Waals surface area (Å²) in [5.41, 5.74) is 2.93. The number of rotatable bonds is 4. The fourth-order valence-electron chi connectivity index (χ4n) is 3.93. The van der Waals surface area contributed by atoms with Gasteiger partial charge in [-0.15, -0.1) is 0 Å². The fourth-order valence-corrected chi connectivity index (χ4v) is 3.93. The first-order valence-electron chi connectivity index (χ1n) is 9.71. The van der Waals surface area contributed by atoms with Crippen molar-refractivity contribution >= 4 is 16.9 Å². The molecule has 1 aromatic carbocycles. The smallest absolute Gasteiger partial charge is 0.290 e. The van der Waals surface area contributed by atoms with Crippen molar-refractivity contribution in [3.63, 3.8) is 0 Å². The molecule has 1 fully saturated rings. The first-order chi connectivity index (χ1) is 13.1. The van der Waals surface area contributed by atoms with Gasteiger partial charge in [0.1, 0.15) is 11.6 Å². The highest BCUT2D eigenvalue weighted by atomic mass is 16.5. The normalized spacial score (nSPS) is 17.6. The Morgan fingerprint density at radius 2 is 2.15 bits per heavy atom. The Morgan fingerprint density at radius 1 is 1.30 bits per heavy atom. The van der Waals surface area contributed by atoms with E-state index in [1.807, 2.05) is 17.9 Å². The Bertz CT molecular complexity index is 972. The summed E-state index contributed by atoms with van der Waals surface area (Å²) in [6.45, 7) is 6.59. The van der Waals surface area contributed by atoms with E-state index in [2.05, 4.69) is 29.2 Å². The van der Waals surface area contributed by atoms with Gasteiger partial charge in [0.2, 0.25) is 5.89 Å². The molecular formula is C21H25N3O3. The van der Waals surface area contributed by atoms with Crippen LogP contribution in [0.25, 0.3) is 11.0 Å². The molecule has 0 spiro atoms. The molecular weight excluding hydrogens is 342 g/mol. The van der Waals surface area contributed by atoms with E-state index in [9.17, 15) is 4.79 Å². The van der Waals surface area contributed by atoms with E-state index < -0.39 is 0 Å². The average Bonchev–Trinajstić information content (AvgIpc) is 3.25. The Morgan fingerprint density at radius 3 is 2.89 bits per heavy atom. The molecule has 1 unspecified atom stereocenters. The molecule has 0 radical (unpaired) electrons. The van der Waals surface area contributed by atoms with Crippen LogP contribution in [-0.2, 0) is 6.42 Å². The van der Waals surface area contributed by atoms with Gasteiger partial charge in [-0.1, -0.05) is 24.6 Å². The molecule has 6 nitrogen and oxygen atoms in total. The van der Waals surface area contributed by atoms with Gasteiger partial charge in [-0.2, -0.15) is 4.98 Å². The van der Waals surface area contributed by atoms with Gasteiger partial charge in [-0.25, -0.2) is 0 Å². The van der Waals surface area contributed by atoms with Gasteiger partial charge in [0, 0.05) is 17.5 Å². The number of benzene rings is 1. The minimum atomic E-state index is -0.185. The summed E-state index contributed by atoms with van der Waals surface area (Å²) in [5.74, 6) is 1.42. The highest BCUT2D eigenvalue weighted by Crippen LogP contribution is 2.34. The zero-order valence-corrected chi connectivity index (χ0v) is 16.1. The number of amides is 1. The summed E-state index contributed by atoms with van der Waals surface area (Å²) < 4.78 is 11.3. The lowest BCUT2D eigenvalue weighted by Gasteiger charge is -2.32. The summed E-state index contributed by atoms with van der Waals surface area (Å²) in [5, 5.41) is 4.91. The molecule has 1 atom stereocenters. The van der Waals surface area contributed by atoms with Crippen molar-refractivity contribution in [1.29, 1.82) is 0 Å². The van der Waals surface area contributed by atoms with Crippen LogP contribution < -0.4 is 0 Å². The lowest BCUT2D eigenvalue weighted by molar-refractivity contribution is 0.0531. The molecule has 0 aliphatic carbocycles. The first-order valence-corrected chi connectivity index (χ1v) is 9.71. The number of furan rings is 1. The van der Waals surface area contributed by atoms with E-state index >= 15 is 0 Å². The molecule has 1 saturated heterocycles. The van der Waals surface area contributed by atoms with E-state index in [0.717, 1.165) is 48.6 Å². The van der Waals surface area contributed by atoms with Crippen LogP contribution in [0.1, 0.15) is 72.0 Å². The van der Waals surface area contributed by atoms with E-state index in [-0.39, 0.29) is 11.9 Å². The lowest BCUT2D eigenvalue weighted by atomic mass is 10.0. The van der Waals surface area contributed by atoms with Crippen LogP contribution in [0.3, 0.4) is 0 Å². The molecule has 142 valence electrons. The van der Waals surface area contributed by atoms with E-state index in [1.54, 1.807) is 6.92 Å². The number of hydrogen-bond acceptors (Lipinski definition) is 5. The third kappa shape index (κ3) is 3.24. The largest absolute Gasteiger partial charge is 0.451 e. The third-order valence-corrected chi connectivity index (χ3v) is 5.33. The predicted octanol–water partition coefficient (Wildman–Crippen LogP) is 4.75. The average molecular weight is 367 g/mol. The van der Waals surface area contributed by atoms with Crippen LogP contribution in [0, 0.1) is 13.8 Å². The fraction of sp³-hybridized carbons (Fsp3) is 0.476. The van der Waals surface area contributed by atoms with Crippen LogP contribution in [0.15, 0.2) is 27.1 Å². The molecule has 4 rings (SSSR count). The van der Waals surface area contributed by atoms with Gasteiger partial charge in [0.15, 0.2) is 11.6 Å². The maximum atomic E-state index is 13.3. The van der Waals surface area contributed by atoms with Gasteiger partial charge < -0.3 is 13.8 Å². The number of nitrogens with zero attached hydrogens (tertiary/aromatic N) is 3. The Labute approximate surface area is 158 Å². The van der Waals surface area contributed by atoms with Crippen LogP contribution in [-0.4, -0.2) is 27.5 Å². The second kappa shape index (κ2) is 7.18. The molecule has 0 N–H and O–H groups in total. The molecule has 6 heteroatoms. The summed E-state index contributed by atoms with van der Waals surface area (Å²) in [7, 11) is 0. The second-order valence-corrected chi connectivity index (χ2v) is 7.33. The number of aromatic nitrogens is 2. The SMILES string of the molecule is CCCc1ccc2oc(C(=O)N3CCCCC3c3nc(C)no3)c(C)c2c1. The van der Waals surface area contributed by atoms with Gasteiger partial charge in [0.25, 0.3) is 5.91 Å². The number of likely N-dealkylation sites (tertiary alicyclic amines) is 1. The maximum Gasteiger partial charge on any atom is 0.290 e. The standard InChI is InChI=1S/C21H25N3O3/c1-4-7-15-9-10-18-16(12-15)13(2)19(26-18)21(25)24-11-6-5-8-17(24)20-22-14(3)23-27-20/h9-10,12,17H,4-8,11H2,1-3H3. The molecule has 1 aliphatic heterocycles. The Kier molecular flexibility index (Phi) is 4.72. The summed E-state index contributed by atoms with van der Waals surface area (Å²) in [6.07, 6.45) is 4.94. The van der Waals surface area contributed by atoms with Crippen molar-refractivity contribution in [1.82, 2.24) is 15.0 Å². The monoisotopic (exact) mass is 367 g/mol. The summed E-state index contributed by atoms with van der Waals surface area (Å²) in [6, 6.07) is 6.01. The molecule has 0 saturated carbocycles. The topological polar surface area (TPSA) is 72.4 Å². The summed E-state index contributed by atoms with van der Waals surface area (Å²) >= 11 is 0. The molecule has 0 bridgehead atoms. The van der Waals surface area contributed by atoms with Crippen molar-refractivity contribution in [3.05, 3.63) is 46.8 Å². The van der Waals surface area contributed by atoms with Gasteiger partial charge in [0.05, 0.1) is 0 Å². The summed E-state index contributed by atoms with van der Waals surface area (Å²) in [4.78, 5) is 19.5. The van der Waals surface area contributed by atoms with Crippen molar-refractivity contribution in [2.45, 2.75) is 58.9 Å². The number of hydrogen-bond donors (Lipinski definition) is 0. The number of aryl methyl sites for hydroxylation is 3. The third-order valence-electron chi connectivity index (χ3n) is 5.33. The molecule has 2 aromatic heterocycles. The first kappa shape index (κ1) is 17.8. The van der Waals surface area contributed by atoms with Crippen molar-refractivity contribution < 1.29 is 13.7 Å². The van der Waals surface area contributed by atoms with Gasteiger partial charge in [-0.05, 0) is 57.2 Å². The van der Waals surface area contributed by atoms with Crippen molar-refractivity contribution in [2.75, 3.05) is 6.54 Å². The van der Waals surface area contributed by atoms with Crippen LogP contribution >= 0.6 is 0 Å². The highest BCUT2D eigenvalue weighted by molar-refractivity contribution is 5.99. The molecule has 3 heterocycles. The quantitative estimate of drug-likeness (QED) is 0.665. The minimum absolute atomic E-state index is 0.0960. The Balaban J connectivity index is 1.69. The van der Waals surface area contributed by atoms with Crippen LogP contribution in [0.2, 0.25) is 0 Å². The zero-order valence-electron chi connectivity index (χ0n) is 16.1. The molecule has 3 aromatic rings. The second-order valence-electron chi connectivity index (χ2n) is 7.33. The minimum Gasteiger partial charge on any atom is -0.451 e. The van der Waals surface area contributed by atoms with Crippen molar-refractivity contribution in [2.24, 2.45) is 0 Å². The van der Waals surface area contributed by atoms with E-state index in [0.29, 0.717) is 24.0 Å². The van der Waals surface area contributed by atoms with E-state index in [1.165, 1.54) is 5.56 Å². The van der Waals surface area contributed by atoms with E-state index in [4.69, 9.17) is 8.94 Å². The number of piperidine rings is 1.